The molecule has 23 heavy (non-hydrogen) atoms. The van der Waals surface area contributed by atoms with Gasteiger partial charge in [-0.15, -0.1) is 0 Å². The van der Waals surface area contributed by atoms with Crippen LogP contribution in [0, 0.1) is 11.6 Å². The highest BCUT2D eigenvalue weighted by atomic mass is 19.1. The molecule has 126 valence electrons. The summed E-state index contributed by atoms with van der Waals surface area (Å²) >= 11 is 0. The van der Waals surface area contributed by atoms with Crippen LogP contribution in [0.15, 0.2) is 12.1 Å². The van der Waals surface area contributed by atoms with Crippen LogP contribution in [0.2, 0.25) is 0 Å². The van der Waals surface area contributed by atoms with Crippen LogP contribution >= 0.6 is 0 Å². The van der Waals surface area contributed by atoms with Crippen molar-refractivity contribution in [3.05, 3.63) is 29.3 Å². The minimum Gasteiger partial charge on any atom is -0.443 e. The predicted octanol–water partition coefficient (Wildman–Crippen LogP) is 4.92. The first-order chi connectivity index (χ1) is 10.7. The summed E-state index contributed by atoms with van der Waals surface area (Å²) in [4.78, 5) is 13.9. The Balaban J connectivity index is 2.04. The van der Waals surface area contributed by atoms with Crippen molar-refractivity contribution in [2.45, 2.75) is 63.9 Å². The van der Waals surface area contributed by atoms with Gasteiger partial charge in [0.25, 0.3) is 0 Å². The molecule has 1 saturated carbocycles. The van der Waals surface area contributed by atoms with E-state index in [0.717, 1.165) is 38.2 Å². The lowest BCUT2D eigenvalue weighted by molar-refractivity contribution is 0.0575. The Hall–Kier alpha value is -1.65. The molecule has 1 aromatic carbocycles. The van der Waals surface area contributed by atoms with Gasteiger partial charge in [0.05, 0.1) is 5.69 Å². The van der Waals surface area contributed by atoms with Gasteiger partial charge in [-0.3, -0.25) is 4.90 Å². The average molecular weight is 323 g/mol. The molecule has 5 heteroatoms. The number of nitrogens with zero attached hydrogens (tertiary/aromatic N) is 1. The Morgan fingerprint density at radius 1 is 1.17 bits per heavy atom. The van der Waals surface area contributed by atoms with Crippen LogP contribution in [0.1, 0.15) is 58.4 Å². The molecule has 0 atom stereocenters. The molecule has 0 saturated heterocycles. The molecule has 0 aromatic heterocycles. The number of benzene rings is 1. The van der Waals surface area contributed by atoms with Gasteiger partial charge < -0.3 is 4.74 Å². The van der Waals surface area contributed by atoms with Gasteiger partial charge in [-0.1, -0.05) is 19.3 Å². The van der Waals surface area contributed by atoms with Gasteiger partial charge in [-0.05, 0) is 39.7 Å². The van der Waals surface area contributed by atoms with E-state index in [2.05, 4.69) is 0 Å². The molecule has 1 fully saturated rings. The molecule has 0 N–H and O–H groups in total. The number of carbonyl (C=O) groups excluding carboxylic acids is 1. The molecule has 3 rings (SSSR count). The first kappa shape index (κ1) is 16.2. The average Bonchev–Trinajstić information content (AvgIpc) is 2.72. The molecule has 0 radical (unpaired) electrons. The van der Waals surface area contributed by atoms with Gasteiger partial charge in [0.15, 0.2) is 0 Å². The van der Waals surface area contributed by atoms with Gasteiger partial charge in [0, 0.05) is 23.6 Å². The fourth-order valence-corrected chi connectivity index (χ4v) is 3.88. The van der Waals surface area contributed by atoms with Crippen LogP contribution in [-0.2, 0) is 10.2 Å². The quantitative estimate of drug-likeness (QED) is 0.678. The lowest BCUT2D eigenvalue weighted by atomic mass is 9.70. The van der Waals surface area contributed by atoms with Gasteiger partial charge in [0.2, 0.25) is 0 Å². The van der Waals surface area contributed by atoms with E-state index in [4.69, 9.17) is 4.74 Å². The highest BCUT2D eigenvalue weighted by Crippen LogP contribution is 2.50. The number of carbonyl (C=O) groups is 1. The molecule has 1 spiro atoms. The van der Waals surface area contributed by atoms with Crippen LogP contribution in [0.25, 0.3) is 0 Å². The third-order valence-electron chi connectivity index (χ3n) is 4.74. The van der Waals surface area contributed by atoms with E-state index in [0.29, 0.717) is 17.8 Å². The fraction of sp³-hybridized carbons (Fsp3) is 0.611. The summed E-state index contributed by atoms with van der Waals surface area (Å²) in [6.45, 7) is 5.72. The lowest BCUT2D eigenvalue weighted by Crippen LogP contribution is -2.41. The van der Waals surface area contributed by atoms with Crippen molar-refractivity contribution in [1.29, 1.82) is 0 Å². The first-order valence-corrected chi connectivity index (χ1v) is 8.22. The van der Waals surface area contributed by atoms with Gasteiger partial charge in [-0.25, -0.2) is 13.6 Å². The molecule has 1 aromatic rings. The maximum Gasteiger partial charge on any atom is 0.414 e. The second-order valence-electron chi connectivity index (χ2n) is 7.69. The molecule has 1 amide bonds. The fourth-order valence-electron chi connectivity index (χ4n) is 3.88. The molecule has 0 unspecified atom stereocenters. The van der Waals surface area contributed by atoms with Crippen molar-refractivity contribution in [2.75, 3.05) is 11.4 Å². The van der Waals surface area contributed by atoms with E-state index in [9.17, 15) is 13.6 Å². The number of ether oxygens (including phenoxy) is 1. The summed E-state index contributed by atoms with van der Waals surface area (Å²) in [5, 5.41) is 0. The van der Waals surface area contributed by atoms with E-state index < -0.39 is 28.7 Å². The Bertz CT molecular complexity index is 631. The minimum absolute atomic E-state index is 0.332. The van der Waals surface area contributed by atoms with Crippen molar-refractivity contribution in [1.82, 2.24) is 0 Å². The van der Waals surface area contributed by atoms with Crippen molar-refractivity contribution < 1.29 is 18.3 Å². The molecule has 1 heterocycles. The maximum absolute atomic E-state index is 14.5. The zero-order valence-corrected chi connectivity index (χ0v) is 13.9. The highest BCUT2D eigenvalue weighted by Gasteiger charge is 2.48. The van der Waals surface area contributed by atoms with Crippen LogP contribution in [-0.4, -0.2) is 18.2 Å². The van der Waals surface area contributed by atoms with E-state index in [-0.39, 0.29) is 0 Å². The Morgan fingerprint density at radius 3 is 2.43 bits per heavy atom. The second-order valence-corrected chi connectivity index (χ2v) is 7.69. The molecule has 3 nitrogen and oxygen atoms in total. The number of anilines is 1. The Kier molecular flexibility index (Phi) is 3.85. The number of amides is 1. The van der Waals surface area contributed by atoms with Crippen molar-refractivity contribution in [2.24, 2.45) is 0 Å². The third-order valence-corrected chi connectivity index (χ3v) is 4.74. The Morgan fingerprint density at radius 2 is 1.83 bits per heavy atom. The second kappa shape index (κ2) is 5.46. The van der Waals surface area contributed by atoms with Gasteiger partial charge >= 0.3 is 6.09 Å². The molecule has 1 aliphatic carbocycles. The summed E-state index contributed by atoms with van der Waals surface area (Å²) in [7, 11) is 0. The summed E-state index contributed by atoms with van der Waals surface area (Å²) < 4.78 is 33.7. The predicted molar refractivity (Wildman–Crippen MR) is 84.7 cm³/mol. The SMILES string of the molecule is CC(C)(C)OC(=O)N1CC2(CCCCC2)c2c(F)cc(F)cc21. The third kappa shape index (κ3) is 2.93. The van der Waals surface area contributed by atoms with Crippen LogP contribution in [0.5, 0.6) is 0 Å². The maximum atomic E-state index is 14.5. The standard InChI is InChI=1S/C18H23F2NO2/c1-17(2,3)23-16(22)21-11-18(7-5-4-6-8-18)15-13(20)9-12(19)10-14(15)21/h9-10H,4-8,11H2,1-3H3. The summed E-state index contributed by atoms with van der Waals surface area (Å²) in [6, 6.07) is 2.18. The van der Waals surface area contributed by atoms with Crippen molar-refractivity contribution >= 4 is 11.8 Å². The Labute approximate surface area is 135 Å². The highest BCUT2D eigenvalue weighted by molar-refractivity contribution is 5.91. The van der Waals surface area contributed by atoms with Crippen LogP contribution < -0.4 is 4.90 Å². The normalized spacial score (nSPS) is 19.8. The van der Waals surface area contributed by atoms with Crippen molar-refractivity contribution in [3.63, 3.8) is 0 Å². The monoisotopic (exact) mass is 323 g/mol. The smallest absolute Gasteiger partial charge is 0.414 e. The number of rotatable bonds is 0. The van der Waals surface area contributed by atoms with E-state index in [1.807, 2.05) is 0 Å². The van der Waals surface area contributed by atoms with Crippen LogP contribution in [0.4, 0.5) is 19.3 Å². The number of hydrogen-bond acceptors (Lipinski definition) is 2. The largest absolute Gasteiger partial charge is 0.443 e. The van der Waals surface area contributed by atoms with E-state index in [1.54, 1.807) is 20.8 Å². The topological polar surface area (TPSA) is 29.5 Å². The first-order valence-electron chi connectivity index (χ1n) is 8.22. The number of halogens is 2. The summed E-state index contributed by atoms with van der Waals surface area (Å²) in [5.74, 6) is -1.21. The summed E-state index contributed by atoms with van der Waals surface area (Å²) in [6.07, 6.45) is 4.22. The van der Waals surface area contributed by atoms with Crippen molar-refractivity contribution in [3.8, 4) is 0 Å². The molecular weight excluding hydrogens is 300 g/mol. The van der Waals surface area contributed by atoms with Crippen LogP contribution in [0.3, 0.4) is 0 Å². The molecule has 0 bridgehead atoms. The minimum atomic E-state index is -0.664. The van der Waals surface area contributed by atoms with Gasteiger partial charge in [0.1, 0.15) is 17.2 Å². The molecule has 1 aliphatic heterocycles. The zero-order chi connectivity index (χ0) is 16.8. The summed E-state index contributed by atoms with van der Waals surface area (Å²) in [5.41, 5.74) is -0.226. The van der Waals surface area contributed by atoms with E-state index >= 15 is 0 Å². The molecule has 2 aliphatic rings. The van der Waals surface area contributed by atoms with E-state index in [1.165, 1.54) is 11.0 Å². The number of hydrogen-bond donors (Lipinski definition) is 0. The number of fused-ring (bicyclic) bond motifs is 2. The van der Waals surface area contributed by atoms with Gasteiger partial charge in [-0.2, -0.15) is 0 Å². The zero-order valence-electron chi connectivity index (χ0n) is 13.9. The molecular formula is C18H23F2NO2. The lowest BCUT2D eigenvalue weighted by Gasteiger charge is -2.34.